The molecule has 0 heterocycles. The summed E-state index contributed by atoms with van der Waals surface area (Å²) in [5.41, 5.74) is 0.284. The van der Waals surface area contributed by atoms with Crippen LogP contribution in [0.4, 0.5) is 0 Å². The molecule has 0 aliphatic carbocycles. The van der Waals surface area contributed by atoms with Crippen molar-refractivity contribution in [2.75, 3.05) is 13.1 Å². The van der Waals surface area contributed by atoms with E-state index in [1.165, 1.54) is 0 Å². The van der Waals surface area contributed by atoms with Gasteiger partial charge in [-0.05, 0) is 31.2 Å². The minimum absolute atomic E-state index is 0.1000. The Morgan fingerprint density at radius 2 is 1.81 bits per heavy atom. The molecule has 0 fully saturated rings. The second kappa shape index (κ2) is 6.89. The highest BCUT2D eigenvalue weighted by atomic mass is 16.2. The van der Waals surface area contributed by atoms with Gasteiger partial charge in [0.1, 0.15) is 0 Å². The van der Waals surface area contributed by atoms with Crippen LogP contribution >= 0.6 is 0 Å². The number of carbonyl (C=O) groups is 1. The number of carbonyl (C=O) groups excluding carboxylic acids is 1. The molecule has 0 aromatic carbocycles. The average Bonchev–Trinajstić information content (AvgIpc) is 2.20. The van der Waals surface area contributed by atoms with Gasteiger partial charge in [-0.2, -0.15) is 0 Å². The number of rotatable bonds is 6. The van der Waals surface area contributed by atoms with Crippen LogP contribution in [0.2, 0.25) is 0 Å². The first-order valence-corrected chi connectivity index (χ1v) is 6.30. The molecule has 2 unspecified atom stereocenters. The third-order valence-electron chi connectivity index (χ3n) is 3.15. The third kappa shape index (κ3) is 6.11. The second-order valence-electron chi connectivity index (χ2n) is 5.69. The number of nitrogens with one attached hydrogen (secondary N) is 2. The normalized spacial score (nSPS) is 15.6. The molecule has 0 bridgehead atoms. The van der Waals surface area contributed by atoms with Gasteiger partial charge < -0.3 is 10.6 Å². The lowest BCUT2D eigenvalue weighted by Gasteiger charge is -2.28. The molecule has 0 rings (SSSR count). The Bertz CT molecular complexity index is 208. The first-order chi connectivity index (χ1) is 7.29. The van der Waals surface area contributed by atoms with Crippen LogP contribution < -0.4 is 10.6 Å². The Morgan fingerprint density at radius 3 is 2.25 bits per heavy atom. The van der Waals surface area contributed by atoms with Gasteiger partial charge in [0.25, 0.3) is 0 Å². The van der Waals surface area contributed by atoms with E-state index in [9.17, 15) is 4.79 Å². The summed E-state index contributed by atoms with van der Waals surface area (Å²) >= 11 is 0. The summed E-state index contributed by atoms with van der Waals surface area (Å²) in [4.78, 5) is 11.6. The Balaban J connectivity index is 3.88. The van der Waals surface area contributed by atoms with Crippen molar-refractivity contribution in [2.45, 2.75) is 54.0 Å². The minimum Gasteiger partial charge on any atom is -0.355 e. The lowest BCUT2D eigenvalue weighted by atomic mass is 9.82. The minimum atomic E-state index is -0.101. The zero-order chi connectivity index (χ0) is 12.8. The van der Waals surface area contributed by atoms with Crippen LogP contribution in [0.5, 0.6) is 0 Å². The van der Waals surface area contributed by atoms with Crippen LogP contribution in [0.15, 0.2) is 0 Å². The quantitative estimate of drug-likeness (QED) is 0.731. The van der Waals surface area contributed by atoms with Crippen LogP contribution in [0.25, 0.3) is 0 Å². The highest BCUT2D eigenvalue weighted by molar-refractivity contribution is 5.81. The van der Waals surface area contributed by atoms with Gasteiger partial charge in [-0.25, -0.2) is 0 Å². The monoisotopic (exact) mass is 228 g/mol. The average molecular weight is 228 g/mol. The van der Waals surface area contributed by atoms with Gasteiger partial charge in [-0.3, -0.25) is 4.79 Å². The molecular weight excluding hydrogens is 200 g/mol. The van der Waals surface area contributed by atoms with Gasteiger partial charge in [0, 0.05) is 6.54 Å². The number of hydrogen-bond acceptors (Lipinski definition) is 2. The van der Waals surface area contributed by atoms with Gasteiger partial charge in [-0.1, -0.05) is 34.6 Å². The van der Waals surface area contributed by atoms with Crippen LogP contribution in [0.1, 0.15) is 48.0 Å². The molecule has 0 spiro atoms. The smallest absolute Gasteiger partial charge is 0.236 e. The fourth-order valence-electron chi connectivity index (χ4n) is 1.15. The SMILES string of the molecule is CCCNC(=O)C(C)NCC(C)C(C)(C)C. The maximum atomic E-state index is 11.6. The molecule has 0 radical (unpaired) electrons. The third-order valence-corrected chi connectivity index (χ3v) is 3.15. The number of amides is 1. The Labute approximate surface area is 100 Å². The van der Waals surface area contributed by atoms with Crippen LogP contribution in [0.3, 0.4) is 0 Å². The van der Waals surface area contributed by atoms with E-state index in [-0.39, 0.29) is 17.4 Å². The van der Waals surface area contributed by atoms with Crippen molar-refractivity contribution in [2.24, 2.45) is 11.3 Å². The molecular formula is C13H28N2O. The molecule has 0 aromatic heterocycles. The summed E-state index contributed by atoms with van der Waals surface area (Å²) in [6, 6.07) is -0.101. The molecule has 16 heavy (non-hydrogen) atoms. The van der Waals surface area contributed by atoms with E-state index >= 15 is 0 Å². The zero-order valence-electron chi connectivity index (χ0n) is 11.7. The fourth-order valence-corrected chi connectivity index (χ4v) is 1.15. The molecule has 3 heteroatoms. The Kier molecular flexibility index (Phi) is 6.65. The summed E-state index contributed by atoms with van der Waals surface area (Å²) in [5, 5.41) is 6.18. The van der Waals surface area contributed by atoms with Crippen LogP contribution in [-0.2, 0) is 4.79 Å². The van der Waals surface area contributed by atoms with E-state index in [2.05, 4.69) is 45.3 Å². The van der Waals surface area contributed by atoms with E-state index in [1.54, 1.807) is 0 Å². The van der Waals surface area contributed by atoms with E-state index in [0.29, 0.717) is 5.92 Å². The highest BCUT2D eigenvalue weighted by Crippen LogP contribution is 2.24. The van der Waals surface area contributed by atoms with Crippen molar-refractivity contribution in [3.63, 3.8) is 0 Å². The molecule has 2 N–H and O–H groups in total. The van der Waals surface area contributed by atoms with Crippen molar-refractivity contribution in [3.8, 4) is 0 Å². The standard InChI is InChI=1S/C13H28N2O/c1-7-8-14-12(16)11(3)15-9-10(2)13(4,5)6/h10-11,15H,7-9H2,1-6H3,(H,14,16). The topological polar surface area (TPSA) is 41.1 Å². The second-order valence-corrected chi connectivity index (χ2v) is 5.69. The maximum absolute atomic E-state index is 11.6. The summed E-state index contributed by atoms with van der Waals surface area (Å²) in [6.45, 7) is 14.5. The molecule has 0 saturated heterocycles. The lowest BCUT2D eigenvalue weighted by Crippen LogP contribution is -2.45. The summed E-state index contributed by atoms with van der Waals surface area (Å²) < 4.78 is 0. The van der Waals surface area contributed by atoms with E-state index < -0.39 is 0 Å². The first kappa shape index (κ1) is 15.4. The molecule has 0 saturated carbocycles. The summed E-state index contributed by atoms with van der Waals surface area (Å²) in [7, 11) is 0. The van der Waals surface area contributed by atoms with Crippen LogP contribution in [0, 0.1) is 11.3 Å². The summed E-state index contributed by atoms with van der Waals surface area (Å²) in [6.07, 6.45) is 0.983. The van der Waals surface area contributed by atoms with Gasteiger partial charge in [0.05, 0.1) is 6.04 Å². The molecule has 2 atom stereocenters. The van der Waals surface area contributed by atoms with Gasteiger partial charge in [-0.15, -0.1) is 0 Å². The largest absolute Gasteiger partial charge is 0.355 e. The van der Waals surface area contributed by atoms with Gasteiger partial charge >= 0.3 is 0 Å². The van der Waals surface area contributed by atoms with Crippen molar-refractivity contribution >= 4 is 5.91 Å². The molecule has 96 valence electrons. The maximum Gasteiger partial charge on any atom is 0.236 e. The van der Waals surface area contributed by atoms with E-state index in [4.69, 9.17) is 0 Å². The van der Waals surface area contributed by atoms with Gasteiger partial charge in [0.15, 0.2) is 0 Å². The predicted molar refractivity (Wildman–Crippen MR) is 69.4 cm³/mol. The van der Waals surface area contributed by atoms with Crippen molar-refractivity contribution in [1.29, 1.82) is 0 Å². The van der Waals surface area contributed by atoms with Gasteiger partial charge in [0.2, 0.25) is 5.91 Å². The molecule has 0 aliphatic heterocycles. The molecule has 0 aliphatic rings. The van der Waals surface area contributed by atoms with Crippen LogP contribution in [-0.4, -0.2) is 25.0 Å². The molecule has 0 aromatic rings. The van der Waals surface area contributed by atoms with E-state index in [0.717, 1.165) is 19.5 Å². The molecule has 3 nitrogen and oxygen atoms in total. The Hall–Kier alpha value is -0.570. The first-order valence-electron chi connectivity index (χ1n) is 6.30. The zero-order valence-corrected chi connectivity index (χ0v) is 11.7. The Morgan fingerprint density at radius 1 is 1.25 bits per heavy atom. The summed E-state index contributed by atoms with van der Waals surface area (Å²) in [5.74, 6) is 0.650. The van der Waals surface area contributed by atoms with Crippen molar-refractivity contribution in [3.05, 3.63) is 0 Å². The van der Waals surface area contributed by atoms with Crippen molar-refractivity contribution in [1.82, 2.24) is 10.6 Å². The van der Waals surface area contributed by atoms with Crippen molar-refractivity contribution < 1.29 is 4.79 Å². The molecule has 1 amide bonds. The predicted octanol–water partition coefficient (Wildman–Crippen LogP) is 2.17. The number of hydrogen-bond donors (Lipinski definition) is 2. The lowest BCUT2D eigenvalue weighted by molar-refractivity contribution is -0.122. The highest BCUT2D eigenvalue weighted by Gasteiger charge is 2.21. The fraction of sp³-hybridized carbons (Fsp3) is 0.923. The van der Waals surface area contributed by atoms with E-state index in [1.807, 2.05) is 6.92 Å².